The van der Waals surface area contributed by atoms with Gasteiger partial charge in [-0.25, -0.2) is 0 Å². The molecule has 2 nitrogen and oxygen atoms in total. The fraction of sp³-hybridized carbons (Fsp3) is 0.600. The van der Waals surface area contributed by atoms with E-state index in [0.717, 1.165) is 29.8 Å². The molecule has 0 saturated heterocycles. The van der Waals surface area contributed by atoms with E-state index in [1.807, 2.05) is 12.1 Å². The third kappa shape index (κ3) is 3.63. The molecule has 0 radical (unpaired) electrons. The maximum atomic E-state index is 6.48. The average Bonchev–Trinajstić information content (AvgIpc) is 2.35. The molecule has 0 fully saturated rings. The lowest BCUT2D eigenvalue weighted by Gasteiger charge is -2.43. The molecule has 19 heavy (non-hydrogen) atoms. The normalized spacial score (nSPS) is 13.9. The van der Waals surface area contributed by atoms with Gasteiger partial charge in [0.05, 0.1) is 0 Å². The van der Waals surface area contributed by atoms with Crippen molar-refractivity contribution in [1.82, 2.24) is 4.90 Å². The first-order chi connectivity index (χ1) is 8.87. The highest BCUT2D eigenvalue weighted by molar-refractivity contribution is 6.33. The molecule has 1 atom stereocenters. The SMILES string of the molecule is CCC(CC)(C(N)Cc1cc(Cl)ccc1Cl)N(C)C. The standard InChI is InChI=1S/C15H24Cl2N2/c1-5-15(6-2,19(3)4)14(18)10-11-9-12(16)7-8-13(11)17/h7-9,14H,5-6,10,18H2,1-4H3. The third-order valence-electron chi connectivity index (χ3n) is 4.25. The van der Waals surface area contributed by atoms with Crippen molar-refractivity contribution in [1.29, 1.82) is 0 Å². The summed E-state index contributed by atoms with van der Waals surface area (Å²) >= 11 is 12.3. The summed E-state index contributed by atoms with van der Waals surface area (Å²) in [6.45, 7) is 4.37. The van der Waals surface area contributed by atoms with E-state index in [9.17, 15) is 0 Å². The number of hydrogen-bond donors (Lipinski definition) is 1. The highest BCUT2D eigenvalue weighted by Crippen LogP contribution is 2.29. The summed E-state index contributed by atoms with van der Waals surface area (Å²) < 4.78 is 0. The zero-order valence-electron chi connectivity index (χ0n) is 12.2. The van der Waals surface area contributed by atoms with Gasteiger partial charge < -0.3 is 10.6 Å². The molecule has 2 N–H and O–H groups in total. The van der Waals surface area contributed by atoms with Crippen molar-refractivity contribution < 1.29 is 0 Å². The minimum atomic E-state index is -0.00829. The molecule has 0 bridgehead atoms. The van der Waals surface area contributed by atoms with Crippen molar-refractivity contribution in [3.8, 4) is 0 Å². The van der Waals surface area contributed by atoms with Crippen LogP contribution in [0.5, 0.6) is 0 Å². The Kier molecular flexibility index (Phi) is 6.13. The molecule has 0 aromatic heterocycles. The molecule has 1 rings (SSSR count). The molecule has 1 unspecified atom stereocenters. The van der Waals surface area contributed by atoms with Crippen LogP contribution in [0.2, 0.25) is 10.0 Å². The fourth-order valence-electron chi connectivity index (χ4n) is 2.87. The molecule has 0 amide bonds. The third-order valence-corrected chi connectivity index (χ3v) is 4.86. The zero-order chi connectivity index (χ0) is 14.6. The Morgan fingerprint density at radius 1 is 1.21 bits per heavy atom. The van der Waals surface area contributed by atoms with Gasteiger partial charge in [0.25, 0.3) is 0 Å². The van der Waals surface area contributed by atoms with Gasteiger partial charge in [-0.05, 0) is 57.1 Å². The van der Waals surface area contributed by atoms with Crippen LogP contribution in [0.3, 0.4) is 0 Å². The van der Waals surface area contributed by atoms with Gasteiger partial charge in [-0.2, -0.15) is 0 Å². The number of likely N-dealkylation sites (N-methyl/N-ethyl adjacent to an activating group) is 1. The quantitative estimate of drug-likeness (QED) is 0.861. The van der Waals surface area contributed by atoms with Gasteiger partial charge in [-0.3, -0.25) is 0 Å². The Labute approximate surface area is 126 Å². The van der Waals surface area contributed by atoms with Crippen molar-refractivity contribution >= 4 is 23.2 Å². The molecule has 0 aliphatic rings. The van der Waals surface area contributed by atoms with E-state index >= 15 is 0 Å². The summed E-state index contributed by atoms with van der Waals surface area (Å²) in [5.74, 6) is 0. The van der Waals surface area contributed by atoms with Gasteiger partial charge in [-0.1, -0.05) is 37.0 Å². The molecule has 108 valence electrons. The summed E-state index contributed by atoms with van der Waals surface area (Å²) in [4.78, 5) is 2.23. The predicted octanol–water partition coefficient (Wildman–Crippen LogP) is 3.98. The summed E-state index contributed by atoms with van der Waals surface area (Å²) in [5.41, 5.74) is 7.50. The first-order valence-electron chi connectivity index (χ1n) is 6.74. The molecular weight excluding hydrogens is 279 g/mol. The Morgan fingerprint density at radius 2 is 1.79 bits per heavy atom. The van der Waals surface area contributed by atoms with Gasteiger partial charge in [0.2, 0.25) is 0 Å². The molecule has 1 aromatic carbocycles. The second kappa shape index (κ2) is 6.94. The maximum Gasteiger partial charge on any atom is 0.0439 e. The van der Waals surface area contributed by atoms with Gasteiger partial charge >= 0.3 is 0 Å². The minimum absolute atomic E-state index is 0.00829. The first kappa shape index (κ1) is 16.8. The maximum absolute atomic E-state index is 6.48. The summed E-state index contributed by atoms with van der Waals surface area (Å²) in [7, 11) is 4.18. The molecule has 0 heterocycles. The number of benzene rings is 1. The van der Waals surface area contributed by atoms with Crippen LogP contribution in [0.15, 0.2) is 18.2 Å². The van der Waals surface area contributed by atoms with E-state index < -0.39 is 0 Å². The second-order valence-electron chi connectivity index (χ2n) is 5.25. The van der Waals surface area contributed by atoms with E-state index in [4.69, 9.17) is 28.9 Å². The highest BCUT2D eigenvalue weighted by Gasteiger charge is 2.35. The molecule has 0 aliphatic carbocycles. The van der Waals surface area contributed by atoms with E-state index in [0.29, 0.717) is 5.02 Å². The van der Waals surface area contributed by atoms with E-state index in [1.54, 1.807) is 6.07 Å². The second-order valence-corrected chi connectivity index (χ2v) is 6.10. The monoisotopic (exact) mass is 302 g/mol. The van der Waals surface area contributed by atoms with Gasteiger partial charge in [0.1, 0.15) is 0 Å². The van der Waals surface area contributed by atoms with Crippen LogP contribution in [0.4, 0.5) is 0 Å². The number of nitrogens with zero attached hydrogens (tertiary/aromatic N) is 1. The predicted molar refractivity (Wildman–Crippen MR) is 85.1 cm³/mol. The Hall–Kier alpha value is -0.280. The zero-order valence-corrected chi connectivity index (χ0v) is 13.7. The van der Waals surface area contributed by atoms with Crippen molar-refractivity contribution in [3.05, 3.63) is 33.8 Å². The molecule has 1 aromatic rings. The smallest absolute Gasteiger partial charge is 0.0439 e. The average molecular weight is 303 g/mol. The fourth-order valence-corrected chi connectivity index (χ4v) is 3.25. The largest absolute Gasteiger partial charge is 0.326 e. The Morgan fingerprint density at radius 3 is 2.26 bits per heavy atom. The molecule has 0 saturated carbocycles. The molecule has 0 spiro atoms. The van der Waals surface area contributed by atoms with E-state index in [-0.39, 0.29) is 11.6 Å². The summed E-state index contributed by atoms with van der Waals surface area (Å²) in [5, 5.41) is 1.44. The van der Waals surface area contributed by atoms with Gasteiger partial charge in [0, 0.05) is 21.6 Å². The molecule has 4 heteroatoms. The Bertz CT molecular complexity index is 415. The molecular formula is C15H24Cl2N2. The number of hydrogen-bond acceptors (Lipinski definition) is 2. The lowest BCUT2D eigenvalue weighted by Crippen LogP contribution is -2.57. The van der Waals surface area contributed by atoms with Gasteiger partial charge in [-0.15, -0.1) is 0 Å². The van der Waals surface area contributed by atoms with Crippen LogP contribution < -0.4 is 5.73 Å². The van der Waals surface area contributed by atoms with E-state index in [1.165, 1.54) is 0 Å². The molecule has 0 aliphatic heterocycles. The van der Waals surface area contributed by atoms with Crippen LogP contribution >= 0.6 is 23.2 Å². The Balaban J connectivity index is 2.99. The minimum Gasteiger partial charge on any atom is -0.326 e. The topological polar surface area (TPSA) is 29.3 Å². The van der Waals surface area contributed by atoms with Crippen LogP contribution in [-0.4, -0.2) is 30.6 Å². The van der Waals surface area contributed by atoms with E-state index in [2.05, 4.69) is 32.8 Å². The van der Waals surface area contributed by atoms with Crippen molar-refractivity contribution in [2.75, 3.05) is 14.1 Å². The highest BCUT2D eigenvalue weighted by atomic mass is 35.5. The number of halogens is 2. The van der Waals surface area contributed by atoms with Crippen LogP contribution in [0.25, 0.3) is 0 Å². The number of rotatable bonds is 6. The lowest BCUT2D eigenvalue weighted by atomic mass is 9.81. The van der Waals surface area contributed by atoms with Crippen LogP contribution in [0.1, 0.15) is 32.3 Å². The van der Waals surface area contributed by atoms with Crippen molar-refractivity contribution in [2.24, 2.45) is 5.73 Å². The van der Waals surface area contributed by atoms with Crippen molar-refractivity contribution in [3.63, 3.8) is 0 Å². The van der Waals surface area contributed by atoms with Crippen LogP contribution in [0, 0.1) is 0 Å². The lowest BCUT2D eigenvalue weighted by molar-refractivity contribution is 0.105. The first-order valence-corrected chi connectivity index (χ1v) is 7.50. The summed E-state index contributed by atoms with van der Waals surface area (Å²) in [6, 6.07) is 5.57. The van der Waals surface area contributed by atoms with Crippen molar-refractivity contribution in [2.45, 2.75) is 44.7 Å². The number of nitrogens with two attached hydrogens (primary N) is 1. The van der Waals surface area contributed by atoms with Crippen LogP contribution in [-0.2, 0) is 6.42 Å². The van der Waals surface area contributed by atoms with Gasteiger partial charge in [0.15, 0.2) is 0 Å². The summed E-state index contributed by atoms with van der Waals surface area (Å²) in [6.07, 6.45) is 2.75.